The van der Waals surface area contributed by atoms with Gasteiger partial charge in [0, 0.05) is 4.90 Å². The molecule has 0 aliphatic carbocycles. The number of thioether (sulfide) groups is 1. The molecule has 1 heterocycles. The van der Waals surface area contributed by atoms with Crippen molar-refractivity contribution in [1.29, 1.82) is 0 Å². The Hall–Kier alpha value is -1.37. The van der Waals surface area contributed by atoms with Crippen molar-refractivity contribution in [2.24, 2.45) is 0 Å². The molecule has 2 rings (SSSR count). The molecule has 0 spiro atoms. The molecule has 0 bridgehead atoms. The highest BCUT2D eigenvalue weighted by Gasteiger charge is 2.33. The third-order valence-corrected chi connectivity index (χ3v) is 3.02. The van der Waals surface area contributed by atoms with E-state index < -0.39 is 17.6 Å². The second-order valence-electron chi connectivity index (χ2n) is 3.38. The summed E-state index contributed by atoms with van der Waals surface area (Å²) >= 11 is -0.191. The van der Waals surface area contributed by atoms with Gasteiger partial charge in [0.25, 0.3) is 0 Å². The number of cyclic esters (lactones) is 1. The first kappa shape index (κ1) is 12.1. The van der Waals surface area contributed by atoms with E-state index in [1.165, 1.54) is 12.1 Å². The summed E-state index contributed by atoms with van der Waals surface area (Å²) in [4.78, 5) is 10.9. The van der Waals surface area contributed by atoms with E-state index in [0.29, 0.717) is 5.56 Å². The third-order valence-electron chi connectivity index (χ3n) is 2.19. The number of ether oxygens (including phenoxy) is 1. The Morgan fingerprint density at radius 2 is 2.06 bits per heavy atom. The first-order valence-electron chi connectivity index (χ1n) is 4.74. The number of hydrogen-bond acceptors (Lipinski definition) is 3. The van der Waals surface area contributed by atoms with Crippen LogP contribution in [0.4, 0.5) is 18.0 Å². The number of alkyl halides is 3. The molecular formula is C10H8F3NO2S. The molecule has 1 aromatic carbocycles. The van der Waals surface area contributed by atoms with Gasteiger partial charge in [-0.2, -0.15) is 13.2 Å². The van der Waals surface area contributed by atoms with Gasteiger partial charge in [-0.1, -0.05) is 18.2 Å². The lowest BCUT2D eigenvalue weighted by atomic mass is 10.1. The van der Waals surface area contributed by atoms with E-state index >= 15 is 0 Å². The lowest BCUT2D eigenvalue weighted by Crippen LogP contribution is -2.19. The summed E-state index contributed by atoms with van der Waals surface area (Å²) < 4.78 is 41.7. The average molecular weight is 263 g/mol. The predicted molar refractivity (Wildman–Crippen MR) is 55.6 cm³/mol. The highest BCUT2D eigenvalue weighted by atomic mass is 32.2. The monoisotopic (exact) mass is 263 g/mol. The molecule has 0 unspecified atom stereocenters. The fourth-order valence-electron chi connectivity index (χ4n) is 1.54. The van der Waals surface area contributed by atoms with Crippen molar-refractivity contribution in [1.82, 2.24) is 5.32 Å². The fraction of sp³-hybridized carbons (Fsp3) is 0.300. The average Bonchev–Trinajstić information content (AvgIpc) is 2.63. The van der Waals surface area contributed by atoms with E-state index in [-0.39, 0.29) is 23.3 Å². The van der Waals surface area contributed by atoms with Crippen LogP contribution < -0.4 is 5.32 Å². The van der Waals surface area contributed by atoms with Crippen LogP contribution in [0.1, 0.15) is 11.6 Å². The normalized spacial score (nSPS) is 19.9. The Morgan fingerprint density at radius 1 is 1.35 bits per heavy atom. The number of alkyl carbamates (subject to hydrolysis) is 1. The van der Waals surface area contributed by atoms with Crippen LogP contribution in [0.25, 0.3) is 0 Å². The molecule has 1 aromatic rings. The van der Waals surface area contributed by atoms with Gasteiger partial charge in [0.15, 0.2) is 0 Å². The van der Waals surface area contributed by atoms with Crippen LogP contribution in [-0.4, -0.2) is 18.2 Å². The topological polar surface area (TPSA) is 38.3 Å². The number of rotatable bonds is 2. The number of carbonyl (C=O) groups is 1. The lowest BCUT2D eigenvalue weighted by molar-refractivity contribution is -0.0328. The fourth-order valence-corrected chi connectivity index (χ4v) is 2.26. The zero-order valence-corrected chi connectivity index (χ0v) is 9.27. The summed E-state index contributed by atoms with van der Waals surface area (Å²) in [6.45, 7) is 0.0499. The molecule has 0 radical (unpaired) electrons. The van der Waals surface area contributed by atoms with Crippen molar-refractivity contribution in [3.63, 3.8) is 0 Å². The summed E-state index contributed by atoms with van der Waals surface area (Å²) in [5.74, 6) is 0. The zero-order valence-electron chi connectivity index (χ0n) is 8.45. The van der Waals surface area contributed by atoms with Crippen LogP contribution in [-0.2, 0) is 4.74 Å². The van der Waals surface area contributed by atoms with Gasteiger partial charge in [-0.3, -0.25) is 0 Å². The summed E-state index contributed by atoms with van der Waals surface area (Å²) in [5.41, 5.74) is -3.93. The van der Waals surface area contributed by atoms with Gasteiger partial charge >= 0.3 is 11.6 Å². The van der Waals surface area contributed by atoms with Gasteiger partial charge < -0.3 is 10.1 Å². The van der Waals surface area contributed by atoms with Crippen LogP contribution in [0.15, 0.2) is 29.2 Å². The molecular weight excluding hydrogens is 255 g/mol. The molecule has 3 nitrogen and oxygen atoms in total. The number of carbonyl (C=O) groups excluding carboxylic acids is 1. The molecule has 1 N–H and O–H groups in total. The number of halogens is 3. The van der Waals surface area contributed by atoms with Crippen LogP contribution in [0.2, 0.25) is 0 Å². The first-order valence-corrected chi connectivity index (χ1v) is 5.55. The summed E-state index contributed by atoms with van der Waals surface area (Å²) in [6.07, 6.45) is -0.609. The largest absolute Gasteiger partial charge is 0.447 e. The van der Waals surface area contributed by atoms with Crippen molar-refractivity contribution in [3.8, 4) is 0 Å². The molecule has 17 heavy (non-hydrogen) atoms. The first-order chi connectivity index (χ1) is 7.96. The van der Waals surface area contributed by atoms with Gasteiger partial charge in [0.2, 0.25) is 0 Å². The quantitative estimate of drug-likeness (QED) is 0.833. The van der Waals surface area contributed by atoms with E-state index in [4.69, 9.17) is 0 Å². The van der Waals surface area contributed by atoms with Gasteiger partial charge in [-0.15, -0.1) is 0 Å². The lowest BCUT2D eigenvalue weighted by Gasteiger charge is -2.14. The summed E-state index contributed by atoms with van der Waals surface area (Å²) in [5, 5.41) is 2.45. The highest BCUT2D eigenvalue weighted by molar-refractivity contribution is 8.00. The molecule has 1 amide bonds. The standard InChI is InChI=1S/C10H8F3NO2S/c11-10(12,13)17-8-4-2-1-3-6(8)7-5-16-9(15)14-7/h1-4,7H,5H2,(H,14,15)/t7-/m0/s1. The van der Waals surface area contributed by atoms with E-state index in [9.17, 15) is 18.0 Å². The Morgan fingerprint density at radius 3 is 2.65 bits per heavy atom. The predicted octanol–water partition coefficient (Wildman–Crippen LogP) is 3.08. The van der Waals surface area contributed by atoms with Crippen LogP contribution >= 0.6 is 11.8 Å². The molecule has 1 aliphatic rings. The van der Waals surface area contributed by atoms with E-state index in [0.717, 1.165) is 0 Å². The Balaban J connectivity index is 2.24. The van der Waals surface area contributed by atoms with Gasteiger partial charge in [-0.25, -0.2) is 4.79 Å². The molecule has 0 saturated carbocycles. The summed E-state index contributed by atoms with van der Waals surface area (Å²) in [6, 6.07) is 5.55. The molecule has 7 heteroatoms. The second kappa shape index (κ2) is 4.48. The van der Waals surface area contributed by atoms with Crippen LogP contribution in [0.3, 0.4) is 0 Å². The molecule has 1 atom stereocenters. The van der Waals surface area contributed by atoms with Crippen LogP contribution in [0, 0.1) is 0 Å². The van der Waals surface area contributed by atoms with Crippen LogP contribution in [0.5, 0.6) is 0 Å². The molecule has 1 saturated heterocycles. The molecule has 1 aliphatic heterocycles. The van der Waals surface area contributed by atoms with Crippen molar-refractivity contribution in [3.05, 3.63) is 29.8 Å². The van der Waals surface area contributed by atoms with Crippen molar-refractivity contribution in [2.75, 3.05) is 6.61 Å². The van der Waals surface area contributed by atoms with E-state index in [1.54, 1.807) is 12.1 Å². The Labute approximate surface area is 99.3 Å². The van der Waals surface area contributed by atoms with Gasteiger partial charge in [0.05, 0.1) is 6.04 Å². The van der Waals surface area contributed by atoms with Crippen molar-refractivity contribution < 1.29 is 22.7 Å². The van der Waals surface area contributed by atoms with E-state index in [2.05, 4.69) is 10.1 Å². The molecule has 1 fully saturated rings. The Kier molecular flexibility index (Phi) is 3.19. The second-order valence-corrected chi connectivity index (χ2v) is 4.49. The SMILES string of the molecule is O=C1N[C@H](c2ccccc2SC(F)(F)F)CO1. The van der Waals surface area contributed by atoms with Gasteiger partial charge in [-0.05, 0) is 23.4 Å². The number of benzene rings is 1. The number of nitrogens with one attached hydrogen (secondary N) is 1. The van der Waals surface area contributed by atoms with E-state index in [1.807, 2.05) is 0 Å². The smallest absolute Gasteiger partial charge is 0.446 e. The summed E-state index contributed by atoms with van der Waals surface area (Å²) in [7, 11) is 0. The molecule has 92 valence electrons. The third kappa shape index (κ3) is 3.06. The maximum Gasteiger partial charge on any atom is 0.446 e. The van der Waals surface area contributed by atoms with Gasteiger partial charge in [0.1, 0.15) is 6.61 Å². The minimum atomic E-state index is -4.35. The van der Waals surface area contributed by atoms with Crippen molar-refractivity contribution in [2.45, 2.75) is 16.4 Å². The minimum absolute atomic E-state index is 0.0499. The molecule has 0 aromatic heterocycles. The highest BCUT2D eigenvalue weighted by Crippen LogP contribution is 2.40. The van der Waals surface area contributed by atoms with Crippen molar-refractivity contribution >= 4 is 17.9 Å². The maximum absolute atomic E-state index is 12.3. The Bertz CT molecular complexity index is 436. The number of amides is 1. The zero-order chi connectivity index (χ0) is 12.5. The maximum atomic E-state index is 12.3. The minimum Gasteiger partial charge on any atom is -0.447 e. The number of hydrogen-bond donors (Lipinski definition) is 1.